The predicted molar refractivity (Wildman–Crippen MR) is 81.7 cm³/mol. The standard InChI is InChI=1S/C16H22N2O3/c1-12(16(20)17-9-11-21-2)18-10-5-8-15(19)13-6-3-4-7-14(13)18/h3-4,6-7,12H,5,8-11H2,1-2H3,(H,17,20). The molecule has 1 aliphatic heterocycles. The molecule has 1 atom stereocenters. The van der Waals surface area contributed by atoms with Crippen LogP contribution < -0.4 is 10.2 Å². The molecular formula is C16H22N2O3. The second-order valence-corrected chi connectivity index (χ2v) is 5.20. The van der Waals surface area contributed by atoms with E-state index >= 15 is 0 Å². The lowest BCUT2D eigenvalue weighted by molar-refractivity contribution is -0.122. The number of rotatable bonds is 5. The minimum absolute atomic E-state index is 0.0452. The number of para-hydroxylation sites is 1. The summed E-state index contributed by atoms with van der Waals surface area (Å²) in [6.07, 6.45) is 1.30. The van der Waals surface area contributed by atoms with E-state index in [-0.39, 0.29) is 17.7 Å². The van der Waals surface area contributed by atoms with Gasteiger partial charge >= 0.3 is 0 Å². The lowest BCUT2D eigenvalue weighted by atomic mass is 10.1. The Bertz CT molecular complexity index is 516. The van der Waals surface area contributed by atoms with Crippen molar-refractivity contribution < 1.29 is 14.3 Å². The lowest BCUT2D eigenvalue weighted by Crippen LogP contribution is -2.46. The van der Waals surface area contributed by atoms with Gasteiger partial charge < -0.3 is 15.0 Å². The quantitative estimate of drug-likeness (QED) is 0.837. The molecule has 1 aliphatic rings. The van der Waals surface area contributed by atoms with Crippen molar-refractivity contribution in [3.05, 3.63) is 29.8 Å². The van der Waals surface area contributed by atoms with Gasteiger partial charge in [-0.15, -0.1) is 0 Å². The molecule has 0 radical (unpaired) electrons. The van der Waals surface area contributed by atoms with Crippen LogP contribution >= 0.6 is 0 Å². The summed E-state index contributed by atoms with van der Waals surface area (Å²) >= 11 is 0. The van der Waals surface area contributed by atoms with E-state index in [1.165, 1.54) is 0 Å². The van der Waals surface area contributed by atoms with Crippen LogP contribution in [-0.4, -0.2) is 44.5 Å². The van der Waals surface area contributed by atoms with Crippen molar-refractivity contribution in [1.29, 1.82) is 0 Å². The van der Waals surface area contributed by atoms with Crippen LogP contribution in [0.5, 0.6) is 0 Å². The summed E-state index contributed by atoms with van der Waals surface area (Å²) in [5.74, 6) is 0.108. The molecule has 21 heavy (non-hydrogen) atoms. The van der Waals surface area contributed by atoms with E-state index in [9.17, 15) is 9.59 Å². The van der Waals surface area contributed by atoms with Crippen LogP contribution in [0.25, 0.3) is 0 Å². The Hall–Kier alpha value is -1.88. The number of methoxy groups -OCH3 is 1. The Labute approximate surface area is 125 Å². The summed E-state index contributed by atoms with van der Waals surface area (Å²) in [7, 11) is 1.60. The van der Waals surface area contributed by atoms with E-state index in [0.717, 1.165) is 12.1 Å². The van der Waals surface area contributed by atoms with Crippen molar-refractivity contribution in [3.63, 3.8) is 0 Å². The molecule has 5 nitrogen and oxygen atoms in total. The third kappa shape index (κ3) is 3.61. The molecule has 0 spiro atoms. The van der Waals surface area contributed by atoms with Crippen LogP contribution in [0.2, 0.25) is 0 Å². The van der Waals surface area contributed by atoms with Gasteiger partial charge in [0.05, 0.1) is 6.61 Å². The number of anilines is 1. The highest BCUT2D eigenvalue weighted by molar-refractivity contribution is 6.02. The molecule has 0 aromatic heterocycles. The highest BCUT2D eigenvalue weighted by Gasteiger charge is 2.27. The fourth-order valence-corrected chi connectivity index (χ4v) is 2.59. The lowest BCUT2D eigenvalue weighted by Gasteiger charge is -2.30. The van der Waals surface area contributed by atoms with Crippen molar-refractivity contribution in [2.75, 3.05) is 31.7 Å². The molecule has 1 unspecified atom stereocenters. The van der Waals surface area contributed by atoms with Gasteiger partial charge in [0, 0.05) is 37.9 Å². The number of benzene rings is 1. The second kappa shape index (κ2) is 7.22. The van der Waals surface area contributed by atoms with Gasteiger partial charge in [0.1, 0.15) is 6.04 Å². The SMILES string of the molecule is COCCNC(=O)C(C)N1CCCC(=O)c2ccccc21. The van der Waals surface area contributed by atoms with E-state index in [1.54, 1.807) is 7.11 Å². The third-order valence-corrected chi connectivity index (χ3v) is 3.77. The zero-order chi connectivity index (χ0) is 15.2. The van der Waals surface area contributed by atoms with Gasteiger partial charge in [0.2, 0.25) is 5.91 Å². The van der Waals surface area contributed by atoms with Gasteiger partial charge in [-0.05, 0) is 25.5 Å². The molecule has 0 aliphatic carbocycles. The van der Waals surface area contributed by atoms with E-state index in [4.69, 9.17) is 4.74 Å². The molecule has 5 heteroatoms. The Morgan fingerprint density at radius 3 is 2.95 bits per heavy atom. The molecular weight excluding hydrogens is 268 g/mol. The van der Waals surface area contributed by atoms with Crippen molar-refractivity contribution >= 4 is 17.4 Å². The Morgan fingerprint density at radius 2 is 2.19 bits per heavy atom. The minimum Gasteiger partial charge on any atom is -0.383 e. The van der Waals surface area contributed by atoms with Gasteiger partial charge in [-0.3, -0.25) is 9.59 Å². The molecule has 114 valence electrons. The second-order valence-electron chi connectivity index (χ2n) is 5.20. The predicted octanol–water partition coefficient (Wildman–Crippen LogP) is 1.62. The average Bonchev–Trinajstić information content (AvgIpc) is 2.66. The van der Waals surface area contributed by atoms with E-state index in [2.05, 4.69) is 5.32 Å². The summed E-state index contributed by atoms with van der Waals surface area (Å²) in [4.78, 5) is 26.4. The number of carbonyl (C=O) groups is 2. The first-order valence-corrected chi connectivity index (χ1v) is 7.30. The number of nitrogens with zero attached hydrogens (tertiary/aromatic N) is 1. The molecule has 2 rings (SSSR count). The molecule has 1 N–H and O–H groups in total. The zero-order valence-corrected chi connectivity index (χ0v) is 12.6. The molecule has 1 aromatic carbocycles. The zero-order valence-electron chi connectivity index (χ0n) is 12.6. The first kappa shape index (κ1) is 15.5. The summed E-state index contributed by atoms with van der Waals surface area (Å²) in [6, 6.07) is 7.21. The van der Waals surface area contributed by atoms with Gasteiger partial charge in [-0.25, -0.2) is 0 Å². The van der Waals surface area contributed by atoms with E-state index in [1.807, 2.05) is 36.1 Å². The van der Waals surface area contributed by atoms with Crippen LogP contribution in [0, 0.1) is 0 Å². The number of hydrogen-bond donors (Lipinski definition) is 1. The van der Waals surface area contributed by atoms with Crippen LogP contribution in [0.4, 0.5) is 5.69 Å². The average molecular weight is 290 g/mol. The topological polar surface area (TPSA) is 58.6 Å². The largest absolute Gasteiger partial charge is 0.383 e. The van der Waals surface area contributed by atoms with Gasteiger partial charge in [0.15, 0.2) is 5.78 Å². The summed E-state index contributed by atoms with van der Waals surface area (Å²) in [5.41, 5.74) is 1.57. The Morgan fingerprint density at radius 1 is 1.43 bits per heavy atom. The highest BCUT2D eigenvalue weighted by Crippen LogP contribution is 2.27. The number of nitrogens with one attached hydrogen (secondary N) is 1. The van der Waals surface area contributed by atoms with Crippen molar-refractivity contribution in [3.8, 4) is 0 Å². The number of amides is 1. The number of carbonyl (C=O) groups excluding carboxylic acids is 2. The monoisotopic (exact) mass is 290 g/mol. The summed E-state index contributed by atoms with van der Waals surface area (Å²) in [6.45, 7) is 3.57. The van der Waals surface area contributed by atoms with Crippen LogP contribution in [0.15, 0.2) is 24.3 Å². The maximum absolute atomic E-state index is 12.2. The van der Waals surface area contributed by atoms with Crippen LogP contribution in [0.1, 0.15) is 30.1 Å². The summed E-state index contributed by atoms with van der Waals surface area (Å²) in [5, 5.41) is 2.85. The molecule has 1 amide bonds. The van der Waals surface area contributed by atoms with E-state index < -0.39 is 0 Å². The van der Waals surface area contributed by atoms with Crippen LogP contribution in [-0.2, 0) is 9.53 Å². The number of fused-ring (bicyclic) bond motifs is 1. The normalized spacial score (nSPS) is 16.1. The number of Topliss-reactive ketones (excluding diaryl/α,β-unsaturated/α-hetero) is 1. The molecule has 1 aromatic rings. The maximum atomic E-state index is 12.2. The highest BCUT2D eigenvalue weighted by atomic mass is 16.5. The van der Waals surface area contributed by atoms with Gasteiger partial charge in [0.25, 0.3) is 0 Å². The molecule has 0 saturated carbocycles. The first-order chi connectivity index (χ1) is 10.1. The van der Waals surface area contributed by atoms with Crippen LogP contribution in [0.3, 0.4) is 0 Å². The number of ketones is 1. The number of hydrogen-bond acceptors (Lipinski definition) is 4. The minimum atomic E-state index is -0.311. The van der Waals surface area contributed by atoms with Crippen molar-refractivity contribution in [2.24, 2.45) is 0 Å². The van der Waals surface area contributed by atoms with Crippen molar-refractivity contribution in [1.82, 2.24) is 5.32 Å². The molecule has 0 fully saturated rings. The third-order valence-electron chi connectivity index (χ3n) is 3.77. The summed E-state index contributed by atoms with van der Waals surface area (Å²) < 4.78 is 4.93. The van der Waals surface area contributed by atoms with Gasteiger partial charge in [-0.2, -0.15) is 0 Å². The Kier molecular flexibility index (Phi) is 5.33. The Balaban J connectivity index is 2.16. The maximum Gasteiger partial charge on any atom is 0.242 e. The van der Waals surface area contributed by atoms with Crippen molar-refractivity contribution in [2.45, 2.75) is 25.8 Å². The number of ether oxygens (including phenoxy) is 1. The fourth-order valence-electron chi connectivity index (χ4n) is 2.59. The fraction of sp³-hybridized carbons (Fsp3) is 0.500. The van der Waals surface area contributed by atoms with E-state index in [0.29, 0.717) is 31.7 Å². The first-order valence-electron chi connectivity index (χ1n) is 7.30. The smallest absolute Gasteiger partial charge is 0.242 e. The molecule has 0 saturated heterocycles. The molecule has 1 heterocycles. The molecule has 0 bridgehead atoms. The van der Waals surface area contributed by atoms with Gasteiger partial charge in [-0.1, -0.05) is 12.1 Å².